The number of aryl methyl sites for hydroxylation is 2. The second-order valence-corrected chi connectivity index (χ2v) is 6.19. The quantitative estimate of drug-likeness (QED) is 0.590. The first-order valence-corrected chi connectivity index (χ1v) is 6.93. The van der Waals surface area contributed by atoms with E-state index in [1.54, 1.807) is 18.5 Å². The summed E-state index contributed by atoms with van der Waals surface area (Å²) in [6, 6.07) is 0. The molecule has 0 fully saturated rings. The lowest BCUT2D eigenvalue weighted by atomic mass is 10.4. The van der Waals surface area contributed by atoms with Crippen molar-refractivity contribution in [2.45, 2.75) is 11.8 Å². The fraction of sp³-hybridized carbons (Fsp3) is 0.250. The molecule has 2 heterocycles. The Morgan fingerprint density at radius 3 is 2.56 bits per heavy atom. The van der Waals surface area contributed by atoms with E-state index in [9.17, 15) is 8.42 Å². The Bertz CT molecular complexity index is 678. The maximum Gasteiger partial charge on any atom is 0.263 e. The van der Waals surface area contributed by atoms with Gasteiger partial charge in [0.2, 0.25) is 0 Å². The van der Waals surface area contributed by atoms with Crippen LogP contribution in [0.4, 0.5) is 0 Å². The molecule has 0 saturated carbocycles. The molecule has 5 nitrogen and oxygen atoms in total. The Morgan fingerprint density at radius 2 is 2.00 bits per heavy atom. The van der Waals surface area contributed by atoms with Gasteiger partial charge < -0.3 is 4.57 Å². The van der Waals surface area contributed by atoms with Crippen molar-refractivity contribution in [3.63, 3.8) is 0 Å². The van der Waals surface area contributed by atoms with Crippen LogP contribution < -0.4 is 0 Å². The van der Waals surface area contributed by atoms with Gasteiger partial charge in [0.15, 0.2) is 0 Å². The maximum atomic E-state index is 11.3. The van der Waals surface area contributed by atoms with Crippen LogP contribution in [0.5, 0.6) is 0 Å². The van der Waals surface area contributed by atoms with Gasteiger partial charge in [-0.1, -0.05) is 11.6 Å². The zero-order chi connectivity index (χ0) is 12.1. The summed E-state index contributed by atoms with van der Waals surface area (Å²) in [7, 11) is 3.11. The van der Waals surface area contributed by atoms with Crippen molar-refractivity contribution in [3.8, 4) is 0 Å². The predicted molar refractivity (Wildman–Crippen MR) is 61.3 cm³/mol. The lowest BCUT2D eigenvalue weighted by Crippen LogP contribution is -1.94. The van der Waals surface area contributed by atoms with Gasteiger partial charge in [-0.3, -0.25) is 0 Å². The number of aromatic nitrogens is 3. The third kappa shape index (κ3) is 1.77. The van der Waals surface area contributed by atoms with Crippen molar-refractivity contribution >= 4 is 42.4 Å². The third-order valence-corrected chi connectivity index (χ3v) is 3.72. The standard InChI is InChI=1S/C8H7Cl2N3O2S/c1-4-11-7(9)6-5(16(10,14)15)3-13(2)8(6)12-4/h3H,1-2H3. The van der Waals surface area contributed by atoms with Crippen LogP contribution in [0.3, 0.4) is 0 Å². The number of hydrogen-bond acceptors (Lipinski definition) is 4. The van der Waals surface area contributed by atoms with Gasteiger partial charge >= 0.3 is 0 Å². The largest absolute Gasteiger partial charge is 0.334 e. The van der Waals surface area contributed by atoms with Crippen LogP contribution in [0.1, 0.15) is 5.82 Å². The van der Waals surface area contributed by atoms with Gasteiger partial charge in [-0.2, -0.15) is 0 Å². The van der Waals surface area contributed by atoms with Gasteiger partial charge in [0.25, 0.3) is 9.05 Å². The minimum Gasteiger partial charge on any atom is -0.334 e. The van der Waals surface area contributed by atoms with Gasteiger partial charge in [-0.25, -0.2) is 18.4 Å². The van der Waals surface area contributed by atoms with E-state index < -0.39 is 9.05 Å². The van der Waals surface area contributed by atoms with Gasteiger partial charge in [0, 0.05) is 23.9 Å². The van der Waals surface area contributed by atoms with Gasteiger partial charge in [-0.15, -0.1) is 0 Å². The van der Waals surface area contributed by atoms with Crippen molar-refractivity contribution in [1.82, 2.24) is 14.5 Å². The normalized spacial score (nSPS) is 12.2. The molecule has 0 aromatic carbocycles. The fourth-order valence-electron chi connectivity index (χ4n) is 1.48. The van der Waals surface area contributed by atoms with Crippen molar-refractivity contribution in [1.29, 1.82) is 0 Å². The molecule has 86 valence electrons. The Morgan fingerprint density at radius 1 is 1.38 bits per heavy atom. The minimum atomic E-state index is -3.86. The molecule has 16 heavy (non-hydrogen) atoms. The predicted octanol–water partition coefficient (Wildman–Crippen LogP) is 1.86. The van der Waals surface area contributed by atoms with Crippen molar-refractivity contribution < 1.29 is 8.42 Å². The molecule has 0 aliphatic carbocycles. The Balaban J connectivity index is 3.01. The van der Waals surface area contributed by atoms with Crippen LogP contribution in [-0.4, -0.2) is 23.0 Å². The molecule has 0 unspecified atom stereocenters. The molecule has 2 rings (SSSR count). The average molecular weight is 280 g/mol. The molecule has 0 amide bonds. The van der Waals surface area contributed by atoms with Crippen LogP contribution in [0.2, 0.25) is 5.15 Å². The van der Waals surface area contributed by atoms with Crippen LogP contribution in [0.25, 0.3) is 11.0 Å². The zero-order valence-electron chi connectivity index (χ0n) is 8.40. The fourth-order valence-corrected chi connectivity index (χ4v) is 2.91. The van der Waals surface area contributed by atoms with E-state index >= 15 is 0 Å². The number of rotatable bonds is 1. The highest BCUT2D eigenvalue weighted by Crippen LogP contribution is 2.30. The SMILES string of the molecule is Cc1nc(Cl)c2c(S(=O)(=O)Cl)cn(C)c2n1. The summed E-state index contributed by atoms with van der Waals surface area (Å²) in [5.41, 5.74) is 0.441. The topological polar surface area (TPSA) is 64.8 Å². The van der Waals surface area contributed by atoms with Gasteiger partial charge in [0.1, 0.15) is 21.5 Å². The van der Waals surface area contributed by atoms with Crippen LogP contribution in [0, 0.1) is 6.92 Å². The van der Waals surface area contributed by atoms with E-state index in [2.05, 4.69) is 9.97 Å². The highest BCUT2D eigenvalue weighted by Gasteiger charge is 2.21. The summed E-state index contributed by atoms with van der Waals surface area (Å²) in [6.07, 6.45) is 1.37. The lowest BCUT2D eigenvalue weighted by Gasteiger charge is -1.98. The summed E-state index contributed by atoms with van der Waals surface area (Å²) in [5, 5.41) is 0.340. The second kappa shape index (κ2) is 3.58. The molecule has 0 atom stereocenters. The molecule has 0 spiro atoms. The van der Waals surface area contributed by atoms with E-state index in [0.717, 1.165) is 0 Å². The van der Waals surface area contributed by atoms with Gasteiger partial charge in [-0.05, 0) is 6.92 Å². The first kappa shape index (κ1) is 11.6. The van der Waals surface area contributed by atoms with Crippen molar-refractivity contribution in [3.05, 3.63) is 17.2 Å². The molecule has 0 radical (unpaired) electrons. The molecule has 8 heteroatoms. The Hall–Kier alpha value is -0.850. The summed E-state index contributed by atoms with van der Waals surface area (Å²) >= 11 is 5.90. The first-order chi connectivity index (χ1) is 7.30. The molecule has 0 saturated heterocycles. The Labute approximate surface area is 101 Å². The van der Waals surface area contributed by atoms with E-state index in [4.69, 9.17) is 22.3 Å². The lowest BCUT2D eigenvalue weighted by molar-refractivity contribution is 0.610. The molecule has 2 aromatic heterocycles. The highest BCUT2D eigenvalue weighted by atomic mass is 35.7. The second-order valence-electron chi connectivity index (χ2n) is 3.30. The van der Waals surface area contributed by atoms with E-state index in [0.29, 0.717) is 11.5 Å². The van der Waals surface area contributed by atoms with Crippen molar-refractivity contribution in [2.75, 3.05) is 0 Å². The van der Waals surface area contributed by atoms with Crippen LogP contribution in [0.15, 0.2) is 11.1 Å². The first-order valence-electron chi connectivity index (χ1n) is 4.24. The highest BCUT2D eigenvalue weighted by molar-refractivity contribution is 8.14. The molecule has 0 bridgehead atoms. The van der Waals surface area contributed by atoms with Crippen molar-refractivity contribution in [2.24, 2.45) is 7.05 Å². The van der Waals surface area contributed by atoms with E-state index in [-0.39, 0.29) is 15.4 Å². The summed E-state index contributed by atoms with van der Waals surface area (Å²) < 4.78 is 24.2. The van der Waals surface area contributed by atoms with E-state index in [1.807, 2.05) is 0 Å². The third-order valence-electron chi connectivity index (χ3n) is 2.11. The molecule has 0 aliphatic rings. The molecule has 0 N–H and O–H groups in total. The molecule has 2 aromatic rings. The number of hydrogen-bond donors (Lipinski definition) is 0. The zero-order valence-corrected chi connectivity index (χ0v) is 10.7. The monoisotopic (exact) mass is 279 g/mol. The van der Waals surface area contributed by atoms with Crippen LogP contribution >= 0.6 is 22.3 Å². The molecule has 0 aliphatic heterocycles. The smallest absolute Gasteiger partial charge is 0.263 e. The number of fused-ring (bicyclic) bond motifs is 1. The number of halogens is 2. The minimum absolute atomic E-state index is 0.0725. The summed E-state index contributed by atoms with van der Waals surface area (Å²) in [4.78, 5) is 7.95. The van der Waals surface area contributed by atoms with E-state index in [1.165, 1.54) is 6.20 Å². The number of nitrogens with zero attached hydrogens (tertiary/aromatic N) is 3. The summed E-state index contributed by atoms with van der Waals surface area (Å²) in [5.74, 6) is 0.470. The maximum absolute atomic E-state index is 11.3. The molecular formula is C8H7Cl2N3O2S. The van der Waals surface area contributed by atoms with Gasteiger partial charge in [0.05, 0.1) is 5.39 Å². The average Bonchev–Trinajstić information content (AvgIpc) is 2.43. The Kier molecular flexibility index (Phi) is 2.60. The summed E-state index contributed by atoms with van der Waals surface area (Å²) in [6.45, 7) is 1.67. The molecular weight excluding hydrogens is 273 g/mol. The van der Waals surface area contributed by atoms with Crippen LogP contribution in [-0.2, 0) is 16.1 Å².